The van der Waals surface area contributed by atoms with Crippen molar-refractivity contribution in [1.82, 2.24) is 9.55 Å². The monoisotopic (exact) mass is 397 g/mol. The number of rotatable bonds is 13. The van der Waals surface area contributed by atoms with Crippen molar-refractivity contribution in [1.29, 1.82) is 0 Å². The zero-order valence-corrected chi connectivity index (χ0v) is 17.9. The molecule has 1 fully saturated rings. The normalized spacial score (nSPS) is 19.5. The number of aromatic nitrogens is 2. The van der Waals surface area contributed by atoms with Crippen molar-refractivity contribution >= 4 is 17.6 Å². The minimum atomic E-state index is -0.261. The number of unbranched alkanes of at least 4 members (excludes halogenated alkanes) is 3. The van der Waals surface area contributed by atoms with Crippen molar-refractivity contribution in [3.8, 4) is 0 Å². The number of nitrogens with zero attached hydrogens (tertiary/aromatic N) is 3. The van der Waals surface area contributed by atoms with Gasteiger partial charge in [0.05, 0.1) is 6.61 Å². The van der Waals surface area contributed by atoms with Crippen LogP contribution in [-0.2, 0) is 9.47 Å². The molecule has 0 spiro atoms. The minimum absolute atomic E-state index is 0.0101. The molecule has 27 heavy (non-hydrogen) atoms. The van der Waals surface area contributed by atoms with Crippen LogP contribution in [0.4, 0.5) is 5.82 Å². The SMILES string of the molecule is CCCCOCC1O[C@H](n2ccc(N(CCCC)CCCC)nc2=O)CS1. The lowest BCUT2D eigenvalue weighted by Gasteiger charge is -2.24. The van der Waals surface area contributed by atoms with E-state index in [2.05, 4.69) is 30.7 Å². The Morgan fingerprint density at radius 1 is 1.22 bits per heavy atom. The van der Waals surface area contributed by atoms with E-state index in [0.29, 0.717) is 6.61 Å². The highest BCUT2D eigenvalue weighted by atomic mass is 32.2. The number of hydrogen-bond acceptors (Lipinski definition) is 6. The van der Waals surface area contributed by atoms with Crippen LogP contribution < -0.4 is 10.6 Å². The molecule has 1 aromatic rings. The Morgan fingerprint density at radius 3 is 2.56 bits per heavy atom. The molecule has 1 aliphatic rings. The molecule has 0 aromatic carbocycles. The van der Waals surface area contributed by atoms with Gasteiger partial charge in [0, 0.05) is 31.6 Å². The molecule has 0 bridgehead atoms. The first-order valence-corrected chi connectivity index (χ1v) is 11.4. The van der Waals surface area contributed by atoms with Gasteiger partial charge in [0.2, 0.25) is 0 Å². The second kappa shape index (κ2) is 12.4. The first kappa shape index (κ1) is 22.2. The molecular formula is C20H35N3O3S. The Balaban J connectivity index is 1.96. The van der Waals surface area contributed by atoms with Crippen LogP contribution in [0.25, 0.3) is 0 Å². The van der Waals surface area contributed by atoms with Gasteiger partial charge in [-0.1, -0.05) is 40.0 Å². The van der Waals surface area contributed by atoms with Crippen LogP contribution in [0.3, 0.4) is 0 Å². The summed E-state index contributed by atoms with van der Waals surface area (Å²) in [5.41, 5.74) is -0.243. The summed E-state index contributed by atoms with van der Waals surface area (Å²) in [6.07, 6.45) is 8.25. The standard InChI is InChI=1S/C20H35N3O3S/c1-4-7-11-22(12-8-5-2)17-10-13-23(20(24)21-17)18-16-27-19(26-18)15-25-14-9-6-3/h10,13,18-19H,4-9,11-12,14-16H2,1-3H3/t18-,19?/m0/s1. The smallest absolute Gasteiger partial charge is 0.351 e. The average Bonchev–Trinajstić information content (AvgIpc) is 3.14. The number of ether oxygens (including phenoxy) is 2. The molecule has 2 atom stereocenters. The van der Waals surface area contributed by atoms with E-state index in [4.69, 9.17) is 9.47 Å². The average molecular weight is 398 g/mol. The van der Waals surface area contributed by atoms with Gasteiger partial charge < -0.3 is 14.4 Å². The Kier molecular flexibility index (Phi) is 10.2. The molecule has 154 valence electrons. The van der Waals surface area contributed by atoms with Gasteiger partial charge in [0.1, 0.15) is 17.5 Å². The van der Waals surface area contributed by atoms with Gasteiger partial charge in [-0.05, 0) is 25.3 Å². The van der Waals surface area contributed by atoms with E-state index in [-0.39, 0.29) is 17.4 Å². The second-order valence-corrected chi connectivity index (χ2v) is 8.14. The van der Waals surface area contributed by atoms with Crippen molar-refractivity contribution < 1.29 is 9.47 Å². The van der Waals surface area contributed by atoms with Crippen LogP contribution in [0.5, 0.6) is 0 Å². The van der Waals surface area contributed by atoms with Gasteiger partial charge in [-0.25, -0.2) is 4.79 Å². The number of anilines is 1. The molecular weight excluding hydrogens is 362 g/mol. The maximum Gasteiger partial charge on any atom is 0.351 e. The van der Waals surface area contributed by atoms with Gasteiger partial charge in [-0.15, -0.1) is 11.8 Å². The number of thioether (sulfide) groups is 1. The third-order valence-corrected chi connectivity index (χ3v) is 5.74. The van der Waals surface area contributed by atoms with Crippen molar-refractivity contribution in [2.75, 3.05) is 37.0 Å². The lowest BCUT2D eigenvalue weighted by atomic mass is 10.2. The molecule has 0 N–H and O–H groups in total. The van der Waals surface area contributed by atoms with Crippen molar-refractivity contribution in [3.63, 3.8) is 0 Å². The van der Waals surface area contributed by atoms with Gasteiger partial charge in [0.15, 0.2) is 0 Å². The lowest BCUT2D eigenvalue weighted by molar-refractivity contribution is -0.0250. The van der Waals surface area contributed by atoms with Gasteiger partial charge >= 0.3 is 5.69 Å². The van der Waals surface area contributed by atoms with E-state index < -0.39 is 0 Å². The summed E-state index contributed by atoms with van der Waals surface area (Å²) in [6.45, 7) is 9.74. The van der Waals surface area contributed by atoms with E-state index in [1.165, 1.54) is 0 Å². The van der Waals surface area contributed by atoms with Crippen molar-refractivity contribution in [2.24, 2.45) is 0 Å². The zero-order chi connectivity index (χ0) is 19.5. The molecule has 0 radical (unpaired) electrons. The molecule has 1 unspecified atom stereocenters. The van der Waals surface area contributed by atoms with Crippen LogP contribution in [0.1, 0.15) is 65.5 Å². The third kappa shape index (κ3) is 7.12. The molecule has 1 aromatic heterocycles. The van der Waals surface area contributed by atoms with E-state index in [1.807, 2.05) is 12.3 Å². The van der Waals surface area contributed by atoms with Crippen LogP contribution >= 0.6 is 11.8 Å². The summed E-state index contributed by atoms with van der Waals surface area (Å²) >= 11 is 1.70. The molecule has 1 aliphatic heterocycles. The van der Waals surface area contributed by atoms with Gasteiger partial charge in [-0.3, -0.25) is 4.57 Å². The van der Waals surface area contributed by atoms with Gasteiger partial charge in [-0.2, -0.15) is 4.98 Å². The molecule has 7 heteroatoms. The van der Waals surface area contributed by atoms with E-state index in [1.54, 1.807) is 16.3 Å². The second-order valence-electron chi connectivity index (χ2n) is 6.95. The summed E-state index contributed by atoms with van der Waals surface area (Å²) in [4.78, 5) is 19.2. The topological polar surface area (TPSA) is 56.6 Å². The van der Waals surface area contributed by atoms with Gasteiger partial charge in [0.25, 0.3) is 0 Å². The summed E-state index contributed by atoms with van der Waals surface area (Å²) in [7, 11) is 0. The Hall–Kier alpha value is -1.05. The first-order chi connectivity index (χ1) is 13.2. The highest BCUT2D eigenvalue weighted by Crippen LogP contribution is 2.31. The minimum Gasteiger partial charge on any atom is -0.378 e. The fourth-order valence-corrected chi connectivity index (χ4v) is 3.96. The summed E-state index contributed by atoms with van der Waals surface area (Å²) in [5, 5.41) is 0. The molecule has 1 saturated heterocycles. The fourth-order valence-electron chi connectivity index (χ4n) is 2.94. The molecule has 0 amide bonds. The highest BCUT2D eigenvalue weighted by molar-refractivity contribution is 8.00. The molecule has 6 nitrogen and oxygen atoms in total. The Labute approximate surface area is 167 Å². The third-order valence-electron chi connectivity index (χ3n) is 4.64. The van der Waals surface area contributed by atoms with Crippen LogP contribution in [0.15, 0.2) is 17.1 Å². The maximum atomic E-state index is 12.6. The Morgan fingerprint density at radius 2 is 1.93 bits per heavy atom. The number of hydrogen-bond donors (Lipinski definition) is 0. The fraction of sp³-hybridized carbons (Fsp3) is 0.800. The molecule has 2 rings (SSSR count). The Bertz CT molecular complexity index is 588. The van der Waals surface area contributed by atoms with E-state index >= 15 is 0 Å². The van der Waals surface area contributed by atoms with Crippen molar-refractivity contribution in [2.45, 2.75) is 71.0 Å². The molecule has 0 aliphatic carbocycles. The summed E-state index contributed by atoms with van der Waals surface area (Å²) in [6, 6.07) is 1.95. The van der Waals surface area contributed by atoms with E-state index in [0.717, 1.165) is 69.8 Å². The highest BCUT2D eigenvalue weighted by Gasteiger charge is 2.28. The largest absolute Gasteiger partial charge is 0.378 e. The molecule has 0 saturated carbocycles. The predicted molar refractivity (Wildman–Crippen MR) is 113 cm³/mol. The maximum absolute atomic E-state index is 12.6. The lowest BCUT2D eigenvalue weighted by Crippen LogP contribution is -2.33. The van der Waals surface area contributed by atoms with Crippen LogP contribution in [-0.4, -0.2) is 47.0 Å². The zero-order valence-electron chi connectivity index (χ0n) is 17.1. The van der Waals surface area contributed by atoms with Crippen molar-refractivity contribution in [3.05, 3.63) is 22.7 Å². The quantitative estimate of drug-likeness (QED) is 0.468. The van der Waals surface area contributed by atoms with Crippen LogP contribution in [0.2, 0.25) is 0 Å². The van der Waals surface area contributed by atoms with Crippen LogP contribution in [0, 0.1) is 0 Å². The summed E-state index contributed by atoms with van der Waals surface area (Å²) in [5.74, 6) is 1.53. The van der Waals surface area contributed by atoms with E-state index in [9.17, 15) is 4.79 Å². The predicted octanol–water partition coefficient (Wildman–Crippen LogP) is 4.05. The molecule has 2 heterocycles. The summed E-state index contributed by atoms with van der Waals surface area (Å²) < 4.78 is 13.2. The first-order valence-electron chi connectivity index (χ1n) is 10.4.